The molecule has 1 aliphatic carbocycles. The number of rotatable bonds is 3. The van der Waals surface area contributed by atoms with E-state index in [1.54, 1.807) is 18.7 Å². The molecule has 0 amide bonds. The molecule has 1 aliphatic heterocycles. The van der Waals surface area contributed by atoms with Crippen molar-refractivity contribution >= 4 is 21.6 Å². The lowest BCUT2D eigenvalue weighted by Crippen LogP contribution is -2.54. The van der Waals surface area contributed by atoms with Crippen molar-refractivity contribution in [3.05, 3.63) is 0 Å². The molecule has 3 atom stereocenters. The van der Waals surface area contributed by atoms with E-state index in [1.165, 1.54) is 0 Å². The fourth-order valence-electron chi connectivity index (χ4n) is 2.78. The van der Waals surface area contributed by atoms with Gasteiger partial charge in [-0.25, -0.2) is 8.42 Å². The molecule has 100 valence electrons. The van der Waals surface area contributed by atoms with Crippen molar-refractivity contribution in [1.82, 2.24) is 4.90 Å². The molecule has 1 N–H and O–H groups in total. The van der Waals surface area contributed by atoms with Crippen LogP contribution in [0.5, 0.6) is 0 Å². The lowest BCUT2D eigenvalue weighted by molar-refractivity contribution is 0.0682. The van der Waals surface area contributed by atoms with Crippen molar-refractivity contribution in [2.24, 2.45) is 0 Å². The average Bonchev–Trinajstić information content (AvgIpc) is 2.75. The van der Waals surface area contributed by atoms with Gasteiger partial charge in [0.2, 0.25) is 0 Å². The van der Waals surface area contributed by atoms with Gasteiger partial charge in [-0.3, -0.25) is 4.90 Å². The van der Waals surface area contributed by atoms with Crippen LogP contribution in [0.15, 0.2) is 0 Å². The summed E-state index contributed by atoms with van der Waals surface area (Å²) >= 11 is 1.71. The molecule has 6 heteroatoms. The van der Waals surface area contributed by atoms with Crippen LogP contribution < -0.4 is 0 Å². The van der Waals surface area contributed by atoms with Gasteiger partial charge >= 0.3 is 0 Å². The maximum Gasteiger partial charge on any atom is 0.166 e. The van der Waals surface area contributed by atoms with Crippen LogP contribution in [0.25, 0.3) is 0 Å². The Morgan fingerprint density at radius 2 is 2.18 bits per heavy atom. The zero-order valence-corrected chi connectivity index (χ0v) is 11.8. The summed E-state index contributed by atoms with van der Waals surface area (Å²) in [4.78, 5) is 2.05. The number of aliphatic hydroxyl groups is 1. The number of hydrogen-bond acceptors (Lipinski definition) is 5. The molecular weight excluding hydrogens is 258 g/mol. The number of hydrogen-bond donors (Lipinski definition) is 1. The Morgan fingerprint density at radius 1 is 1.41 bits per heavy atom. The van der Waals surface area contributed by atoms with Gasteiger partial charge in [0, 0.05) is 29.8 Å². The maximum absolute atomic E-state index is 12.1. The zero-order valence-electron chi connectivity index (χ0n) is 10.2. The summed E-state index contributed by atoms with van der Waals surface area (Å²) in [5.74, 6) is 1.82. The molecule has 4 nitrogen and oxygen atoms in total. The zero-order chi connectivity index (χ0) is 12.5. The molecule has 0 spiro atoms. The van der Waals surface area contributed by atoms with Crippen LogP contribution in [0.3, 0.4) is 0 Å². The Bertz CT molecular complexity index is 358. The van der Waals surface area contributed by atoms with Gasteiger partial charge in [-0.1, -0.05) is 6.92 Å². The van der Waals surface area contributed by atoms with Crippen LogP contribution in [-0.2, 0) is 9.84 Å². The third-order valence-electron chi connectivity index (χ3n) is 3.81. The quantitative estimate of drug-likeness (QED) is 0.824. The van der Waals surface area contributed by atoms with E-state index in [0.29, 0.717) is 5.75 Å². The molecule has 17 heavy (non-hydrogen) atoms. The van der Waals surface area contributed by atoms with Crippen LogP contribution >= 0.6 is 11.8 Å². The van der Waals surface area contributed by atoms with Gasteiger partial charge < -0.3 is 5.11 Å². The number of sulfone groups is 1. The van der Waals surface area contributed by atoms with Crippen LogP contribution in [-0.4, -0.2) is 59.7 Å². The first-order chi connectivity index (χ1) is 8.06. The van der Waals surface area contributed by atoms with E-state index in [4.69, 9.17) is 0 Å². The fraction of sp³-hybridized carbons (Fsp3) is 1.00. The Morgan fingerprint density at radius 3 is 2.76 bits per heavy atom. The normalized spacial score (nSPS) is 36.2. The summed E-state index contributed by atoms with van der Waals surface area (Å²) in [6.45, 7) is 2.49. The van der Waals surface area contributed by atoms with Crippen molar-refractivity contribution in [3.8, 4) is 0 Å². The predicted molar refractivity (Wildman–Crippen MR) is 70.9 cm³/mol. The van der Waals surface area contributed by atoms with E-state index in [0.717, 1.165) is 31.6 Å². The van der Waals surface area contributed by atoms with Gasteiger partial charge in [-0.2, -0.15) is 11.8 Å². The van der Waals surface area contributed by atoms with Crippen molar-refractivity contribution in [2.45, 2.75) is 43.7 Å². The third kappa shape index (κ3) is 2.80. The molecule has 3 unspecified atom stereocenters. The van der Waals surface area contributed by atoms with E-state index < -0.39 is 9.84 Å². The molecule has 1 saturated heterocycles. The fourth-order valence-corrected chi connectivity index (χ4v) is 5.86. The second-order valence-corrected chi connectivity index (χ2v) is 8.38. The van der Waals surface area contributed by atoms with Gasteiger partial charge in [0.25, 0.3) is 0 Å². The highest BCUT2D eigenvalue weighted by Gasteiger charge is 2.40. The highest BCUT2D eigenvalue weighted by Crippen LogP contribution is 2.31. The Kier molecular flexibility index (Phi) is 4.39. The van der Waals surface area contributed by atoms with Gasteiger partial charge in [0.15, 0.2) is 9.84 Å². The molecule has 1 heterocycles. The molecular formula is C11H21NO3S2. The first-order valence-electron chi connectivity index (χ1n) is 6.29. The van der Waals surface area contributed by atoms with Crippen molar-refractivity contribution < 1.29 is 13.5 Å². The van der Waals surface area contributed by atoms with Crippen LogP contribution in [0.2, 0.25) is 0 Å². The monoisotopic (exact) mass is 279 g/mol. The van der Waals surface area contributed by atoms with E-state index in [2.05, 4.69) is 0 Å². The number of aliphatic hydroxyl groups excluding tert-OH is 1. The second-order valence-electron chi connectivity index (χ2n) is 4.78. The van der Waals surface area contributed by atoms with Gasteiger partial charge in [0.05, 0.1) is 6.10 Å². The topological polar surface area (TPSA) is 57.6 Å². The van der Waals surface area contributed by atoms with E-state index in [9.17, 15) is 13.5 Å². The first-order valence-corrected chi connectivity index (χ1v) is 9.16. The summed E-state index contributed by atoms with van der Waals surface area (Å²) < 4.78 is 24.2. The lowest BCUT2D eigenvalue weighted by Gasteiger charge is -2.40. The van der Waals surface area contributed by atoms with Crippen molar-refractivity contribution in [3.63, 3.8) is 0 Å². The highest BCUT2D eigenvalue weighted by molar-refractivity contribution is 8.01. The molecule has 1 saturated carbocycles. The summed E-state index contributed by atoms with van der Waals surface area (Å²) in [6.07, 6.45) is 2.41. The standard InChI is InChI=1S/C11H21NO3S2/c1-2-17(14,15)11-8-16-7-6-12(11)9-4-3-5-10(9)13/h9-11,13H,2-8H2,1H3. The van der Waals surface area contributed by atoms with Crippen LogP contribution in [0.1, 0.15) is 26.2 Å². The van der Waals surface area contributed by atoms with Gasteiger partial charge in [0.1, 0.15) is 5.37 Å². The van der Waals surface area contributed by atoms with Crippen LogP contribution in [0, 0.1) is 0 Å². The lowest BCUT2D eigenvalue weighted by atomic mass is 10.2. The SMILES string of the molecule is CCS(=O)(=O)C1CSCCN1C1CCCC1O. The maximum atomic E-state index is 12.1. The van der Waals surface area contributed by atoms with Crippen molar-refractivity contribution in [1.29, 1.82) is 0 Å². The average molecular weight is 279 g/mol. The molecule has 2 rings (SSSR count). The molecule has 0 bridgehead atoms. The van der Waals surface area contributed by atoms with E-state index in [1.807, 2.05) is 4.90 Å². The summed E-state index contributed by atoms with van der Waals surface area (Å²) in [7, 11) is -3.04. The predicted octanol–water partition coefficient (Wildman–Crippen LogP) is 0.709. The minimum atomic E-state index is -3.04. The first kappa shape index (κ1) is 13.6. The smallest absolute Gasteiger partial charge is 0.166 e. The molecule has 0 aromatic heterocycles. The molecule has 0 radical (unpaired) electrons. The molecule has 2 aliphatic rings. The van der Waals surface area contributed by atoms with Crippen LogP contribution in [0.4, 0.5) is 0 Å². The minimum Gasteiger partial charge on any atom is -0.391 e. The van der Waals surface area contributed by atoms with Gasteiger partial charge in [-0.15, -0.1) is 0 Å². The molecule has 0 aromatic carbocycles. The summed E-state index contributed by atoms with van der Waals surface area (Å²) in [6, 6.07) is 0.0576. The summed E-state index contributed by atoms with van der Waals surface area (Å²) in [5.41, 5.74) is 0. The Hall–Kier alpha value is 0.220. The number of thioether (sulfide) groups is 1. The van der Waals surface area contributed by atoms with Gasteiger partial charge in [-0.05, 0) is 19.3 Å². The van der Waals surface area contributed by atoms with E-state index in [-0.39, 0.29) is 23.3 Å². The highest BCUT2D eigenvalue weighted by atomic mass is 32.2. The third-order valence-corrected chi connectivity index (χ3v) is 7.12. The Labute approximate surface area is 108 Å². The summed E-state index contributed by atoms with van der Waals surface area (Å²) in [5, 5.41) is 9.57. The minimum absolute atomic E-state index is 0.0576. The van der Waals surface area contributed by atoms with E-state index >= 15 is 0 Å². The number of nitrogens with zero attached hydrogens (tertiary/aromatic N) is 1. The molecule has 2 fully saturated rings. The van der Waals surface area contributed by atoms with Crippen molar-refractivity contribution in [2.75, 3.05) is 23.8 Å². The molecule has 0 aromatic rings. The Balaban J connectivity index is 2.17. The largest absolute Gasteiger partial charge is 0.391 e. The second kappa shape index (κ2) is 5.47.